The average Bonchev–Trinajstić information content (AvgIpc) is 2.55. The summed E-state index contributed by atoms with van der Waals surface area (Å²) in [4.78, 5) is 38.9. The van der Waals surface area contributed by atoms with E-state index in [-0.39, 0.29) is 6.54 Å². The quantitative estimate of drug-likeness (QED) is 0.632. The summed E-state index contributed by atoms with van der Waals surface area (Å²) in [5, 5.41) is 0.933. The Morgan fingerprint density at radius 3 is 2.00 bits per heavy atom. The monoisotopic (exact) mass is 351 g/mol. The minimum absolute atomic E-state index is 0.0893. The lowest BCUT2D eigenvalue weighted by Crippen LogP contribution is -2.55. The summed E-state index contributed by atoms with van der Waals surface area (Å²) in [7, 11) is -2.82. The van der Waals surface area contributed by atoms with Crippen LogP contribution in [0.1, 0.15) is 13.8 Å². The first-order chi connectivity index (χ1) is 11.5. The van der Waals surface area contributed by atoms with E-state index in [9.17, 15) is 14.4 Å². The number of hydrogen-bond donors (Lipinski definition) is 2. The number of rotatable bonds is 8. The average molecular weight is 351 g/mol. The summed E-state index contributed by atoms with van der Waals surface area (Å²) in [5.74, 6) is 0. The highest BCUT2D eigenvalue weighted by molar-refractivity contribution is 6.81. The van der Waals surface area contributed by atoms with Crippen molar-refractivity contribution in [2.45, 2.75) is 26.4 Å². The minimum atomic E-state index is -2.82. The van der Waals surface area contributed by atoms with Crippen LogP contribution in [0.5, 0.6) is 0 Å². The fourth-order valence-electron chi connectivity index (χ4n) is 2.57. The number of aromatic amines is 2. The summed E-state index contributed by atoms with van der Waals surface area (Å²) in [6.45, 7) is 4.76. The van der Waals surface area contributed by atoms with Gasteiger partial charge in [0.15, 0.2) is 0 Å². The second-order valence-electron chi connectivity index (χ2n) is 5.08. The largest absolute Gasteiger partial charge is 0.391 e. The van der Waals surface area contributed by atoms with Crippen molar-refractivity contribution in [1.29, 1.82) is 0 Å². The third-order valence-corrected chi connectivity index (χ3v) is 7.17. The normalized spacial score (nSPS) is 11.6. The molecule has 0 aliphatic carbocycles. The zero-order valence-corrected chi connectivity index (χ0v) is 14.7. The Morgan fingerprint density at radius 1 is 0.958 bits per heavy atom. The molecule has 0 amide bonds. The molecule has 0 aliphatic rings. The van der Waals surface area contributed by atoms with Crippen molar-refractivity contribution in [2.75, 3.05) is 13.2 Å². The lowest BCUT2D eigenvalue weighted by Gasteiger charge is -2.30. The summed E-state index contributed by atoms with van der Waals surface area (Å²) in [6.07, 6.45) is 0. The van der Waals surface area contributed by atoms with Crippen molar-refractivity contribution in [3.8, 4) is 0 Å². The molecular formula is C15H21N3O5Si. The predicted molar refractivity (Wildman–Crippen MR) is 91.8 cm³/mol. The molecule has 24 heavy (non-hydrogen) atoms. The van der Waals surface area contributed by atoms with Crippen LogP contribution in [0.4, 0.5) is 0 Å². The maximum atomic E-state index is 11.9. The van der Waals surface area contributed by atoms with Crippen LogP contribution in [-0.2, 0) is 15.4 Å². The highest BCUT2D eigenvalue weighted by atomic mass is 28.4. The van der Waals surface area contributed by atoms with Gasteiger partial charge in [-0.2, -0.15) is 0 Å². The zero-order valence-electron chi connectivity index (χ0n) is 13.7. The van der Waals surface area contributed by atoms with Gasteiger partial charge in [-0.15, -0.1) is 0 Å². The number of nitrogens with zero attached hydrogens (tertiary/aromatic N) is 1. The Kier molecular flexibility index (Phi) is 6.07. The van der Waals surface area contributed by atoms with Crippen molar-refractivity contribution < 1.29 is 8.85 Å². The van der Waals surface area contributed by atoms with Crippen LogP contribution in [-0.4, -0.2) is 36.3 Å². The lowest BCUT2D eigenvalue weighted by atomic mass is 10.4. The molecule has 0 bridgehead atoms. The number of hydrogen-bond acceptors (Lipinski definition) is 5. The zero-order chi connectivity index (χ0) is 17.6. The molecule has 2 N–H and O–H groups in total. The van der Waals surface area contributed by atoms with Gasteiger partial charge < -0.3 is 8.85 Å². The van der Waals surface area contributed by atoms with Crippen LogP contribution < -0.4 is 22.3 Å². The van der Waals surface area contributed by atoms with E-state index in [1.165, 1.54) is 0 Å². The van der Waals surface area contributed by atoms with Gasteiger partial charge in [0.05, 0.1) is 0 Å². The smallest absolute Gasteiger partial charge is 0.374 e. The van der Waals surface area contributed by atoms with E-state index in [1.807, 2.05) is 54.1 Å². The van der Waals surface area contributed by atoms with Crippen LogP contribution in [0.15, 0.2) is 44.7 Å². The molecule has 0 fully saturated rings. The van der Waals surface area contributed by atoms with Gasteiger partial charge in [0.1, 0.15) is 0 Å². The highest BCUT2D eigenvalue weighted by Gasteiger charge is 2.39. The van der Waals surface area contributed by atoms with E-state index >= 15 is 0 Å². The van der Waals surface area contributed by atoms with Crippen molar-refractivity contribution >= 4 is 13.7 Å². The molecule has 0 atom stereocenters. The number of benzene rings is 1. The summed E-state index contributed by atoms with van der Waals surface area (Å²) >= 11 is 0. The van der Waals surface area contributed by atoms with Gasteiger partial charge in [0.25, 0.3) is 0 Å². The van der Waals surface area contributed by atoms with Gasteiger partial charge >= 0.3 is 25.6 Å². The summed E-state index contributed by atoms with van der Waals surface area (Å²) in [5.41, 5.74) is -2.30. The Balaban J connectivity index is 2.38. The summed E-state index contributed by atoms with van der Waals surface area (Å²) < 4.78 is 12.9. The third-order valence-electron chi connectivity index (χ3n) is 3.56. The molecule has 0 unspecified atom stereocenters. The molecule has 9 heteroatoms. The van der Waals surface area contributed by atoms with Crippen LogP contribution in [0, 0.1) is 0 Å². The molecule has 8 nitrogen and oxygen atoms in total. The molecule has 1 aromatic heterocycles. The standard InChI is InChI=1S/C15H21N3O5Si/c1-3-22-24(23-4-2,12-8-6-5-7-9-12)11-10-18-14(20)16-13(19)17-15(18)21/h5-9H,3-4,10-11H2,1-2H3,(H2,16,17,19,20,21). The molecule has 1 heterocycles. The highest BCUT2D eigenvalue weighted by Crippen LogP contribution is 2.15. The van der Waals surface area contributed by atoms with Gasteiger partial charge in [-0.05, 0) is 19.0 Å². The molecular weight excluding hydrogens is 330 g/mol. The van der Waals surface area contributed by atoms with Crippen molar-refractivity contribution in [2.24, 2.45) is 0 Å². The van der Waals surface area contributed by atoms with E-state index in [2.05, 4.69) is 0 Å². The van der Waals surface area contributed by atoms with Crippen molar-refractivity contribution in [3.05, 3.63) is 61.8 Å². The molecule has 0 aliphatic heterocycles. The molecule has 0 spiro atoms. The second kappa shape index (κ2) is 8.04. The fourth-order valence-corrected chi connectivity index (χ4v) is 5.72. The Bertz CT molecular complexity index is 787. The first-order valence-corrected chi connectivity index (χ1v) is 9.81. The Hall–Kier alpha value is -2.23. The van der Waals surface area contributed by atoms with Crippen LogP contribution in [0.3, 0.4) is 0 Å². The SMILES string of the molecule is CCO[Si](CCn1c(=O)[nH]c(=O)[nH]c1=O)(OCC)c1ccccc1. The molecule has 2 rings (SSSR count). The third kappa shape index (κ3) is 3.99. The molecule has 0 saturated carbocycles. The maximum absolute atomic E-state index is 11.9. The van der Waals surface area contributed by atoms with Gasteiger partial charge in [0, 0.05) is 25.8 Å². The molecule has 1 aromatic carbocycles. The van der Waals surface area contributed by atoms with Gasteiger partial charge in [0.2, 0.25) is 0 Å². The number of nitrogens with one attached hydrogen (secondary N) is 2. The molecule has 0 saturated heterocycles. The Morgan fingerprint density at radius 2 is 1.50 bits per heavy atom. The molecule has 0 radical (unpaired) electrons. The first kappa shape index (κ1) is 18.1. The molecule has 130 valence electrons. The predicted octanol–water partition coefficient (Wildman–Crippen LogP) is -0.353. The van der Waals surface area contributed by atoms with E-state index in [1.54, 1.807) is 0 Å². The maximum Gasteiger partial charge on any atom is 0.374 e. The minimum Gasteiger partial charge on any atom is -0.391 e. The Labute approximate surface area is 139 Å². The van der Waals surface area contributed by atoms with Crippen LogP contribution in [0.25, 0.3) is 0 Å². The van der Waals surface area contributed by atoms with Crippen LogP contribution >= 0.6 is 0 Å². The van der Waals surface area contributed by atoms with Gasteiger partial charge in [-0.25, -0.2) is 19.0 Å². The summed E-state index contributed by atoms with van der Waals surface area (Å²) in [6, 6.07) is 9.92. The van der Waals surface area contributed by atoms with Gasteiger partial charge in [-0.1, -0.05) is 30.3 Å². The van der Waals surface area contributed by atoms with Gasteiger partial charge in [-0.3, -0.25) is 9.97 Å². The molecule has 2 aromatic rings. The van der Waals surface area contributed by atoms with E-state index in [4.69, 9.17) is 8.85 Å². The topological polar surface area (TPSA) is 106 Å². The van der Waals surface area contributed by atoms with Crippen molar-refractivity contribution in [3.63, 3.8) is 0 Å². The first-order valence-electron chi connectivity index (χ1n) is 7.79. The lowest BCUT2D eigenvalue weighted by molar-refractivity contribution is 0.194. The fraction of sp³-hybridized carbons (Fsp3) is 0.400. The number of aromatic nitrogens is 3. The number of H-pyrrole nitrogens is 2. The van der Waals surface area contributed by atoms with Crippen molar-refractivity contribution in [1.82, 2.24) is 14.5 Å². The van der Waals surface area contributed by atoms with E-state index < -0.39 is 25.6 Å². The van der Waals surface area contributed by atoms with E-state index in [0.717, 1.165) is 9.75 Å². The van der Waals surface area contributed by atoms with E-state index in [0.29, 0.717) is 19.3 Å². The second-order valence-corrected chi connectivity index (χ2v) is 8.24. The van der Waals surface area contributed by atoms with Crippen LogP contribution in [0.2, 0.25) is 6.04 Å².